The van der Waals surface area contributed by atoms with Crippen LogP contribution >= 0.6 is 12.2 Å². The summed E-state index contributed by atoms with van der Waals surface area (Å²) in [5.74, 6) is 0.463. The number of rotatable bonds is 3. The number of amides is 1. The van der Waals surface area contributed by atoms with Crippen molar-refractivity contribution in [1.82, 2.24) is 5.32 Å². The molecule has 0 aliphatic rings. The zero-order chi connectivity index (χ0) is 16.9. The van der Waals surface area contributed by atoms with Gasteiger partial charge in [0, 0.05) is 17.3 Å². The Labute approximate surface area is 145 Å². The second-order valence-electron chi connectivity index (χ2n) is 5.20. The van der Waals surface area contributed by atoms with Gasteiger partial charge in [-0.2, -0.15) is 0 Å². The quantitative estimate of drug-likeness (QED) is 0.711. The van der Waals surface area contributed by atoms with Crippen LogP contribution in [0.5, 0.6) is 5.75 Å². The van der Waals surface area contributed by atoms with Crippen molar-refractivity contribution >= 4 is 39.7 Å². The molecule has 0 heterocycles. The van der Waals surface area contributed by atoms with E-state index in [2.05, 4.69) is 10.6 Å². The minimum atomic E-state index is -0.249. The van der Waals surface area contributed by atoms with Gasteiger partial charge in [-0.05, 0) is 47.3 Å². The molecule has 3 rings (SSSR count). The average molecular weight is 336 g/mol. The third kappa shape index (κ3) is 3.70. The Morgan fingerprint density at radius 2 is 1.75 bits per heavy atom. The number of fused-ring (bicyclic) bond motifs is 1. The van der Waals surface area contributed by atoms with Gasteiger partial charge in [0.25, 0.3) is 5.91 Å². The van der Waals surface area contributed by atoms with Crippen molar-refractivity contribution in [2.24, 2.45) is 0 Å². The van der Waals surface area contributed by atoms with Gasteiger partial charge in [-0.1, -0.05) is 36.4 Å². The molecule has 0 fully saturated rings. The van der Waals surface area contributed by atoms with E-state index in [1.165, 1.54) is 0 Å². The van der Waals surface area contributed by atoms with E-state index in [1.54, 1.807) is 19.2 Å². The van der Waals surface area contributed by atoms with Gasteiger partial charge in [0.1, 0.15) is 5.75 Å². The fraction of sp³-hybridized carbons (Fsp3) is 0.0526. The molecule has 0 aliphatic heterocycles. The van der Waals surface area contributed by atoms with Crippen molar-refractivity contribution in [2.75, 3.05) is 12.4 Å². The van der Waals surface area contributed by atoms with Gasteiger partial charge in [0.15, 0.2) is 5.11 Å². The van der Waals surface area contributed by atoms with Crippen molar-refractivity contribution in [3.05, 3.63) is 72.3 Å². The van der Waals surface area contributed by atoms with E-state index in [0.29, 0.717) is 11.3 Å². The molecule has 0 saturated heterocycles. The van der Waals surface area contributed by atoms with E-state index in [4.69, 9.17) is 17.0 Å². The molecule has 0 saturated carbocycles. The lowest BCUT2D eigenvalue weighted by molar-refractivity contribution is 0.0978. The SMILES string of the molecule is COc1cccc(NC(=S)NC(=O)c2ccc3ccccc3c2)c1. The molecule has 0 atom stereocenters. The number of anilines is 1. The predicted octanol–water partition coefficient (Wildman–Crippen LogP) is 3.98. The second kappa shape index (κ2) is 7.10. The van der Waals surface area contributed by atoms with Gasteiger partial charge in [-0.15, -0.1) is 0 Å². The van der Waals surface area contributed by atoms with Crippen molar-refractivity contribution in [1.29, 1.82) is 0 Å². The molecule has 0 unspecified atom stereocenters. The molecule has 1 amide bonds. The van der Waals surface area contributed by atoms with Gasteiger partial charge < -0.3 is 10.1 Å². The van der Waals surface area contributed by atoms with Crippen molar-refractivity contribution in [2.45, 2.75) is 0 Å². The van der Waals surface area contributed by atoms with Gasteiger partial charge in [-0.3, -0.25) is 10.1 Å². The summed E-state index contributed by atoms with van der Waals surface area (Å²) in [6.07, 6.45) is 0. The summed E-state index contributed by atoms with van der Waals surface area (Å²) >= 11 is 5.20. The number of nitrogens with one attached hydrogen (secondary N) is 2. The molecule has 3 aromatic rings. The summed E-state index contributed by atoms with van der Waals surface area (Å²) in [6.45, 7) is 0. The first-order valence-corrected chi connectivity index (χ1v) is 7.82. The fourth-order valence-corrected chi connectivity index (χ4v) is 2.58. The molecular weight excluding hydrogens is 320 g/mol. The Morgan fingerprint density at radius 1 is 0.958 bits per heavy atom. The minimum absolute atomic E-state index is 0.237. The first-order chi connectivity index (χ1) is 11.7. The van der Waals surface area contributed by atoms with E-state index in [1.807, 2.05) is 54.6 Å². The lowest BCUT2D eigenvalue weighted by atomic mass is 10.1. The van der Waals surface area contributed by atoms with Gasteiger partial charge in [0.05, 0.1) is 7.11 Å². The molecule has 24 heavy (non-hydrogen) atoms. The van der Waals surface area contributed by atoms with E-state index < -0.39 is 0 Å². The fourth-order valence-electron chi connectivity index (χ4n) is 2.37. The molecule has 0 spiro atoms. The minimum Gasteiger partial charge on any atom is -0.497 e. The molecule has 0 aromatic heterocycles. The highest BCUT2D eigenvalue weighted by Gasteiger charge is 2.09. The second-order valence-corrected chi connectivity index (χ2v) is 5.61. The smallest absolute Gasteiger partial charge is 0.257 e. The van der Waals surface area contributed by atoms with E-state index in [9.17, 15) is 4.79 Å². The Kier molecular flexibility index (Phi) is 4.72. The van der Waals surface area contributed by atoms with Crippen LogP contribution < -0.4 is 15.4 Å². The highest BCUT2D eigenvalue weighted by atomic mass is 32.1. The number of hydrogen-bond donors (Lipinski definition) is 2. The lowest BCUT2D eigenvalue weighted by Crippen LogP contribution is -2.34. The Hall–Kier alpha value is -2.92. The number of ether oxygens (including phenoxy) is 1. The summed E-state index contributed by atoms with van der Waals surface area (Å²) in [5, 5.41) is 8.00. The summed E-state index contributed by atoms with van der Waals surface area (Å²) < 4.78 is 5.16. The average Bonchev–Trinajstić information content (AvgIpc) is 2.61. The van der Waals surface area contributed by atoms with Crippen molar-refractivity contribution in [3.8, 4) is 5.75 Å². The topological polar surface area (TPSA) is 50.4 Å². The molecule has 2 N–H and O–H groups in total. The van der Waals surface area contributed by atoms with Crippen LogP contribution in [0.3, 0.4) is 0 Å². The molecule has 0 aliphatic carbocycles. The molecular formula is C19H16N2O2S. The number of hydrogen-bond acceptors (Lipinski definition) is 3. The van der Waals surface area contributed by atoms with Crippen LogP contribution in [0.25, 0.3) is 10.8 Å². The van der Waals surface area contributed by atoms with Crippen LogP contribution in [0.4, 0.5) is 5.69 Å². The predicted molar refractivity (Wildman–Crippen MR) is 101 cm³/mol. The third-order valence-corrected chi connectivity index (χ3v) is 3.77. The van der Waals surface area contributed by atoms with Crippen molar-refractivity contribution in [3.63, 3.8) is 0 Å². The van der Waals surface area contributed by atoms with Crippen LogP contribution in [0.15, 0.2) is 66.7 Å². The van der Waals surface area contributed by atoms with Crippen molar-refractivity contribution < 1.29 is 9.53 Å². The van der Waals surface area contributed by atoms with E-state index in [0.717, 1.165) is 16.5 Å². The van der Waals surface area contributed by atoms with Gasteiger partial charge in [-0.25, -0.2) is 0 Å². The van der Waals surface area contributed by atoms with E-state index >= 15 is 0 Å². The molecule has 0 radical (unpaired) electrons. The first kappa shape index (κ1) is 16.0. The van der Waals surface area contributed by atoms with E-state index in [-0.39, 0.29) is 11.0 Å². The molecule has 120 valence electrons. The van der Waals surface area contributed by atoms with Gasteiger partial charge >= 0.3 is 0 Å². The lowest BCUT2D eigenvalue weighted by Gasteiger charge is -2.11. The van der Waals surface area contributed by atoms with Gasteiger partial charge in [0.2, 0.25) is 0 Å². The Morgan fingerprint density at radius 3 is 2.54 bits per heavy atom. The van der Waals surface area contributed by atoms with Crippen LogP contribution in [0.2, 0.25) is 0 Å². The Bertz CT molecular complexity index is 909. The maximum Gasteiger partial charge on any atom is 0.257 e. The highest BCUT2D eigenvalue weighted by Crippen LogP contribution is 2.17. The Balaban J connectivity index is 1.69. The normalized spacial score (nSPS) is 10.2. The number of carbonyl (C=O) groups excluding carboxylic acids is 1. The number of benzene rings is 3. The monoisotopic (exact) mass is 336 g/mol. The first-order valence-electron chi connectivity index (χ1n) is 7.41. The van der Waals surface area contributed by atoms with Crippen LogP contribution in [-0.4, -0.2) is 18.1 Å². The van der Waals surface area contributed by atoms with Crippen LogP contribution in [-0.2, 0) is 0 Å². The summed E-state index contributed by atoms with van der Waals surface area (Å²) in [4.78, 5) is 12.3. The summed E-state index contributed by atoms with van der Waals surface area (Å²) in [7, 11) is 1.60. The maximum atomic E-state index is 12.3. The maximum absolute atomic E-state index is 12.3. The van der Waals surface area contributed by atoms with Crippen LogP contribution in [0, 0.1) is 0 Å². The molecule has 5 heteroatoms. The summed E-state index contributed by atoms with van der Waals surface area (Å²) in [5.41, 5.74) is 1.31. The largest absolute Gasteiger partial charge is 0.497 e. The van der Waals surface area contributed by atoms with Crippen LogP contribution in [0.1, 0.15) is 10.4 Å². The number of thiocarbonyl (C=S) groups is 1. The standard InChI is InChI=1S/C19H16N2O2S/c1-23-17-8-4-7-16(12-17)20-19(24)21-18(22)15-10-9-13-5-2-3-6-14(13)11-15/h2-12H,1H3,(H2,20,21,22,24). The molecule has 0 bridgehead atoms. The highest BCUT2D eigenvalue weighted by molar-refractivity contribution is 7.80. The number of carbonyl (C=O) groups is 1. The third-order valence-electron chi connectivity index (χ3n) is 3.57. The molecule has 4 nitrogen and oxygen atoms in total. The zero-order valence-corrected chi connectivity index (χ0v) is 13.9. The zero-order valence-electron chi connectivity index (χ0n) is 13.1. The molecule has 3 aromatic carbocycles. The number of methoxy groups -OCH3 is 1. The summed E-state index contributed by atoms with van der Waals surface area (Å²) in [6, 6.07) is 20.8.